The third kappa shape index (κ3) is 3.29. The summed E-state index contributed by atoms with van der Waals surface area (Å²) < 4.78 is 0.624. The lowest BCUT2D eigenvalue weighted by Gasteiger charge is -2.17. The van der Waals surface area contributed by atoms with Crippen LogP contribution in [-0.4, -0.2) is 30.0 Å². The molecule has 1 N–H and O–H groups in total. The number of amides is 1. The van der Waals surface area contributed by atoms with Gasteiger partial charge in [-0.05, 0) is 34.1 Å². The van der Waals surface area contributed by atoms with Crippen molar-refractivity contribution < 1.29 is 4.79 Å². The van der Waals surface area contributed by atoms with E-state index in [4.69, 9.17) is 0 Å². The van der Waals surface area contributed by atoms with Gasteiger partial charge in [0.2, 0.25) is 0 Å². The molecule has 98 valence electrons. The fourth-order valence-corrected chi connectivity index (χ4v) is 1.94. The average molecular weight is 321 g/mol. The van der Waals surface area contributed by atoms with Crippen molar-refractivity contribution in [3.05, 3.63) is 47.0 Å². The first-order valence-electron chi connectivity index (χ1n) is 5.63. The number of nitrogens with zero attached hydrogens (tertiary/aromatic N) is 3. The van der Waals surface area contributed by atoms with Crippen molar-refractivity contribution in [2.45, 2.75) is 0 Å². The van der Waals surface area contributed by atoms with Crippen LogP contribution in [0.4, 0.5) is 11.4 Å². The molecular formula is C13H13BrN4O. The lowest BCUT2D eigenvalue weighted by molar-refractivity contribution is 0.102. The second-order valence-electron chi connectivity index (χ2n) is 4.09. The summed E-state index contributed by atoms with van der Waals surface area (Å²) in [4.78, 5) is 22.1. The summed E-state index contributed by atoms with van der Waals surface area (Å²) in [7, 11) is 3.81. The van der Waals surface area contributed by atoms with Gasteiger partial charge in [0.15, 0.2) is 0 Å². The zero-order chi connectivity index (χ0) is 13.8. The lowest BCUT2D eigenvalue weighted by atomic mass is 10.3. The highest BCUT2D eigenvalue weighted by Crippen LogP contribution is 2.22. The van der Waals surface area contributed by atoms with Crippen molar-refractivity contribution in [2.24, 2.45) is 0 Å². The maximum Gasteiger partial charge on any atom is 0.274 e. The van der Waals surface area contributed by atoms with E-state index in [-0.39, 0.29) is 5.91 Å². The van der Waals surface area contributed by atoms with Gasteiger partial charge >= 0.3 is 0 Å². The zero-order valence-electron chi connectivity index (χ0n) is 10.6. The Morgan fingerprint density at radius 3 is 2.79 bits per heavy atom. The maximum absolute atomic E-state index is 12.1. The van der Waals surface area contributed by atoms with E-state index in [1.807, 2.05) is 25.1 Å². The molecule has 6 heteroatoms. The van der Waals surface area contributed by atoms with Gasteiger partial charge in [-0.25, -0.2) is 4.98 Å². The number of nitrogens with one attached hydrogen (secondary N) is 1. The smallest absolute Gasteiger partial charge is 0.274 e. The summed E-state index contributed by atoms with van der Waals surface area (Å²) in [5.41, 5.74) is 1.89. The van der Waals surface area contributed by atoms with Crippen molar-refractivity contribution in [2.75, 3.05) is 24.3 Å². The van der Waals surface area contributed by atoms with Crippen LogP contribution in [0.25, 0.3) is 0 Å². The number of aromatic nitrogens is 2. The molecule has 1 amide bonds. The Labute approximate surface area is 119 Å². The van der Waals surface area contributed by atoms with Crippen molar-refractivity contribution >= 4 is 33.2 Å². The van der Waals surface area contributed by atoms with Crippen molar-refractivity contribution in [3.8, 4) is 0 Å². The molecule has 0 saturated heterocycles. The number of anilines is 2. The summed E-state index contributed by atoms with van der Waals surface area (Å²) in [5.74, 6) is -0.266. The zero-order valence-corrected chi connectivity index (χ0v) is 12.2. The Morgan fingerprint density at radius 1 is 1.32 bits per heavy atom. The molecule has 5 nitrogen and oxygen atoms in total. The molecule has 0 radical (unpaired) electrons. The number of pyridine rings is 2. The minimum Gasteiger partial charge on any atom is -0.376 e. The average Bonchev–Trinajstić information content (AvgIpc) is 2.39. The minimum atomic E-state index is -0.266. The topological polar surface area (TPSA) is 58.1 Å². The van der Waals surface area contributed by atoms with E-state index < -0.39 is 0 Å². The second kappa shape index (κ2) is 5.79. The summed E-state index contributed by atoms with van der Waals surface area (Å²) >= 11 is 3.24. The highest BCUT2D eigenvalue weighted by atomic mass is 79.9. The maximum atomic E-state index is 12.1. The minimum absolute atomic E-state index is 0.266. The molecule has 0 aromatic carbocycles. The standard InChI is InChI=1S/C13H13BrN4O/c1-18(2)11-6-7-15-8-10(11)17-13(19)9-4-3-5-12(14)16-9/h3-8H,1-2H3,(H,17,19). The number of rotatable bonds is 3. The molecule has 0 saturated carbocycles. The predicted octanol–water partition coefficient (Wildman–Crippen LogP) is 2.56. The summed E-state index contributed by atoms with van der Waals surface area (Å²) in [6, 6.07) is 7.03. The molecule has 19 heavy (non-hydrogen) atoms. The van der Waals surface area contributed by atoms with Gasteiger partial charge in [-0.2, -0.15) is 0 Å². The first kappa shape index (κ1) is 13.5. The molecule has 0 aliphatic rings. The molecular weight excluding hydrogens is 308 g/mol. The number of hydrogen-bond donors (Lipinski definition) is 1. The van der Waals surface area contributed by atoms with Crippen LogP contribution in [0, 0.1) is 0 Å². The predicted molar refractivity (Wildman–Crippen MR) is 78.5 cm³/mol. The normalized spacial score (nSPS) is 10.1. The Morgan fingerprint density at radius 2 is 2.11 bits per heavy atom. The van der Waals surface area contributed by atoms with Gasteiger partial charge in [0.05, 0.1) is 17.6 Å². The SMILES string of the molecule is CN(C)c1ccncc1NC(=O)c1cccc(Br)n1. The Kier molecular flexibility index (Phi) is 4.11. The monoisotopic (exact) mass is 320 g/mol. The molecule has 2 heterocycles. The quantitative estimate of drug-likeness (QED) is 0.883. The first-order chi connectivity index (χ1) is 9.08. The van der Waals surface area contributed by atoms with Gasteiger partial charge in [-0.3, -0.25) is 9.78 Å². The van der Waals surface area contributed by atoms with Crippen molar-refractivity contribution in [1.29, 1.82) is 0 Å². The molecule has 2 rings (SSSR count). The van der Waals surface area contributed by atoms with Gasteiger partial charge in [-0.1, -0.05) is 6.07 Å². The molecule has 2 aromatic heterocycles. The molecule has 0 unspecified atom stereocenters. The third-order valence-corrected chi connectivity index (χ3v) is 2.92. The summed E-state index contributed by atoms with van der Waals surface area (Å²) in [6.45, 7) is 0. The van der Waals surface area contributed by atoms with Crippen LogP contribution in [0.5, 0.6) is 0 Å². The van der Waals surface area contributed by atoms with E-state index in [0.29, 0.717) is 16.0 Å². The molecule has 0 aliphatic heterocycles. The van der Waals surface area contributed by atoms with Gasteiger partial charge in [-0.15, -0.1) is 0 Å². The van der Waals surface area contributed by atoms with Gasteiger partial charge in [0, 0.05) is 20.3 Å². The van der Waals surface area contributed by atoms with Crippen LogP contribution in [-0.2, 0) is 0 Å². The summed E-state index contributed by atoms with van der Waals surface area (Å²) in [6.07, 6.45) is 3.30. The highest BCUT2D eigenvalue weighted by molar-refractivity contribution is 9.10. The second-order valence-corrected chi connectivity index (χ2v) is 4.90. The van der Waals surface area contributed by atoms with Crippen molar-refractivity contribution in [1.82, 2.24) is 9.97 Å². The number of hydrogen-bond acceptors (Lipinski definition) is 4. The fraction of sp³-hybridized carbons (Fsp3) is 0.154. The van der Waals surface area contributed by atoms with E-state index in [2.05, 4.69) is 31.2 Å². The Balaban J connectivity index is 2.24. The molecule has 0 bridgehead atoms. The van der Waals surface area contributed by atoms with E-state index >= 15 is 0 Å². The Hall–Kier alpha value is -1.95. The van der Waals surface area contributed by atoms with Gasteiger partial charge < -0.3 is 10.2 Å². The molecule has 0 spiro atoms. The van der Waals surface area contributed by atoms with Crippen LogP contribution in [0.2, 0.25) is 0 Å². The van der Waals surface area contributed by atoms with E-state index in [1.165, 1.54) is 0 Å². The van der Waals surface area contributed by atoms with Gasteiger partial charge in [0.1, 0.15) is 10.3 Å². The number of carbonyl (C=O) groups is 1. The number of halogens is 1. The molecule has 0 fully saturated rings. The van der Waals surface area contributed by atoms with Crippen LogP contribution in [0.3, 0.4) is 0 Å². The van der Waals surface area contributed by atoms with Crippen molar-refractivity contribution in [3.63, 3.8) is 0 Å². The molecule has 0 atom stereocenters. The van der Waals surface area contributed by atoms with Crippen LogP contribution >= 0.6 is 15.9 Å². The van der Waals surface area contributed by atoms with E-state index in [0.717, 1.165) is 5.69 Å². The number of carbonyl (C=O) groups excluding carboxylic acids is 1. The van der Waals surface area contributed by atoms with Crippen LogP contribution < -0.4 is 10.2 Å². The highest BCUT2D eigenvalue weighted by Gasteiger charge is 2.11. The van der Waals surface area contributed by atoms with Crippen LogP contribution in [0.1, 0.15) is 10.5 Å². The van der Waals surface area contributed by atoms with E-state index in [1.54, 1.807) is 30.6 Å². The molecule has 0 aliphatic carbocycles. The Bertz CT molecular complexity index is 601. The fourth-order valence-electron chi connectivity index (χ4n) is 1.59. The first-order valence-corrected chi connectivity index (χ1v) is 6.42. The largest absolute Gasteiger partial charge is 0.376 e. The molecule has 2 aromatic rings. The van der Waals surface area contributed by atoms with Crippen LogP contribution in [0.15, 0.2) is 41.3 Å². The van der Waals surface area contributed by atoms with Gasteiger partial charge in [0.25, 0.3) is 5.91 Å². The summed E-state index contributed by atoms with van der Waals surface area (Å²) in [5, 5.41) is 2.81. The lowest BCUT2D eigenvalue weighted by Crippen LogP contribution is -2.17. The third-order valence-electron chi connectivity index (χ3n) is 2.48. The van der Waals surface area contributed by atoms with E-state index in [9.17, 15) is 4.79 Å².